The molecule has 2 atom stereocenters. The summed E-state index contributed by atoms with van der Waals surface area (Å²) in [4.78, 5) is 12.5. The minimum Gasteiger partial charge on any atom is -0.294 e. The van der Waals surface area contributed by atoms with E-state index in [1.807, 2.05) is 25.1 Å². The number of benzene rings is 1. The molecular weight excluding hydrogens is 288 g/mol. The lowest BCUT2D eigenvalue weighted by molar-refractivity contribution is 0.0836. The average molecular weight is 309 g/mol. The summed E-state index contributed by atoms with van der Waals surface area (Å²) in [6.45, 7) is 6.57. The molecule has 0 N–H and O–H groups in total. The third kappa shape index (κ3) is 3.03. The number of hydrogen-bond acceptors (Lipinski definition) is 1. The average Bonchev–Trinajstić information content (AvgIpc) is 2.30. The van der Waals surface area contributed by atoms with Crippen molar-refractivity contribution in [3.63, 3.8) is 0 Å². The van der Waals surface area contributed by atoms with Gasteiger partial charge in [0, 0.05) is 16.0 Å². The van der Waals surface area contributed by atoms with Crippen molar-refractivity contribution >= 4 is 21.7 Å². The van der Waals surface area contributed by atoms with Gasteiger partial charge in [0.05, 0.1) is 0 Å². The molecule has 1 aromatic rings. The normalized spacial score (nSPS) is 28.1. The standard InChI is InChI=1S/C16H21BrO/c1-10-6-11(2)8-14(7-10)16(18)13-4-5-15(17)12(3)9-13/h4-5,9-11,14H,6-8H2,1-3H3. The first-order valence-electron chi connectivity index (χ1n) is 6.77. The molecule has 0 heterocycles. The third-order valence-electron chi connectivity index (χ3n) is 3.99. The topological polar surface area (TPSA) is 17.1 Å². The van der Waals surface area contributed by atoms with Crippen LogP contribution in [0.2, 0.25) is 0 Å². The quantitative estimate of drug-likeness (QED) is 0.702. The molecule has 0 aromatic heterocycles. The molecule has 0 spiro atoms. The van der Waals surface area contributed by atoms with Gasteiger partial charge in [-0.25, -0.2) is 0 Å². The number of ketones is 1. The predicted molar refractivity (Wildman–Crippen MR) is 78.9 cm³/mol. The van der Waals surface area contributed by atoms with Gasteiger partial charge < -0.3 is 0 Å². The fraction of sp³-hybridized carbons (Fsp3) is 0.562. The maximum atomic E-state index is 12.5. The van der Waals surface area contributed by atoms with E-state index in [2.05, 4.69) is 29.8 Å². The van der Waals surface area contributed by atoms with Crippen LogP contribution in [-0.2, 0) is 0 Å². The summed E-state index contributed by atoms with van der Waals surface area (Å²) in [5.74, 6) is 1.92. The Bertz CT molecular complexity index is 442. The number of carbonyl (C=O) groups excluding carboxylic acids is 1. The van der Waals surface area contributed by atoms with E-state index in [0.29, 0.717) is 17.6 Å². The van der Waals surface area contributed by atoms with Gasteiger partial charge in [0.1, 0.15) is 0 Å². The molecule has 0 saturated heterocycles. The largest absolute Gasteiger partial charge is 0.294 e. The molecule has 1 aromatic carbocycles. The third-order valence-corrected chi connectivity index (χ3v) is 4.88. The van der Waals surface area contributed by atoms with Crippen molar-refractivity contribution in [2.24, 2.45) is 17.8 Å². The van der Waals surface area contributed by atoms with Gasteiger partial charge >= 0.3 is 0 Å². The van der Waals surface area contributed by atoms with Gasteiger partial charge in [0.15, 0.2) is 5.78 Å². The van der Waals surface area contributed by atoms with E-state index in [-0.39, 0.29) is 5.92 Å². The molecule has 1 aliphatic carbocycles. The highest BCUT2D eigenvalue weighted by Gasteiger charge is 2.29. The maximum Gasteiger partial charge on any atom is 0.165 e. The maximum absolute atomic E-state index is 12.5. The summed E-state index contributed by atoms with van der Waals surface area (Å²) >= 11 is 3.48. The predicted octanol–water partition coefficient (Wildman–Crippen LogP) is 5.01. The highest BCUT2D eigenvalue weighted by Crippen LogP contribution is 2.35. The molecule has 0 bridgehead atoms. The van der Waals surface area contributed by atoms with Crippen molar-refractivity contribution in [3.05, 3.63) is 33.8 Å². The Morgan fingerprint density at radius 2 is 1.78 bits per heavy atom. The second-order valence-corrected chi connectivity index (χ2v) is 6.80. The van der Waals surface area contributed by atoms with Crippen LogP contribution in [-0.4, -0.2) is 5.78 Å². The van der Waals surface area contributed by atoms with E-state index in [9.17, 15) is 4.79 Å². The Labute approximate surface area is 118 Å². The summed E-state index contributed by atoms with van der Waals surface area (Å²) in [5.41, 5.74) is 2.01. The molecule has 2 heteroatoms. The zero-order valence-corrected chi connectivity index (χ0v) is 13.0. The smallest absolute Gasteiger partial charge is 0.165 e. The summed E-state index contributed by atoms with van der Waals surface area (Å²) in [7, 11) is 0. The van der Waals surface area contributed by atoms with E-state index in [4.69, 9.17) is 0 Å². The molecule has 1 aliphatic rings. The van der Waals surface area contributed by atoms with E-state index < -0.39 is 0 Å². The van der Waals surface area contributed by atoms with Crippen LogP contribution in [0.15, 0.2) is 22.7 Å². The molecule has 1 nitrogen and oxygen atoms in total. The van der Waals surface area contributed by atoms with Gasteiger partial charge in [-0.1, -0.05) is 35.8 Å². The molecule has 2 unspecified atom stereocenters. The van der Waals surface area contributed by atoms with Crippen LogP contribution in [0.3, 0.4) is 0 Å². The first-order valence-corrected chi connectivity index (χ1v) is 7.57. The number of hydrogen-bond donors (Lipinski definition) is 0. The van der Waals surface area contributed by atoms with E-state index >= 15 is 0 Å². The van der Waals surface area contributed by atoms with E-state index in [0.717, 1.165) is 28.4 Å². The molecule has 0 aliphatic heterocycles. The van der Waals surface area contributed by atoms with Crippen molar-refractivity contribution in [2.45, 2.75) is 40.0 Å². The van der Waals surface area contributed by atoms with Crippen LogP contribution in [0.5, 0.6) is 0 Å². The lowest BCUT2D eigenvalue weighted by Gasteiger charge is -2.30. The molecule has 98 valence electrons. The minimum atomic E-state index is 0.226. The van der Waals surface area contributed by atoms with Crippen LogP contribution < -0.4 is 0 Å². The van der Waals surface area contributed by atoms with Crippen molar-refractivity contribution in [1.29, 1.82) is 0 Å². The SMILES string of the molecule is Cc1cc(C(=O)C2CC(C)CC(C)C2)ccc1Br. The van der Waals surface area contributed by atoms with Gasteiger partial charge in [-0.3, -0.25) is 4.79 Å². The van der Waals surface area contributed by atoms with Crippen molar-refractivity contribution in [2.75, 3.05) is 0 Å². The molecule has 1 saturated carbocycles. The van der Waals surface area contributed by atoms with Crippen LogP contribution >= 0.6 is 15.9 Å². The van der Waals surface area contributed by atoms with Gasteiger partial charge in [0.2, 0.25) is 0 Å². The van der Waals surface area contributed by atoms with Crippen LogP contribution in [0.25, 0.3) is 0 Å². The first-order chi connectivity index (χ1) is 8.47. The fourth-order valence-electron chi connectivity index (χ4n) is 3.19. The molecule has 1 fully saturated rings. The zero-order valence-electron chi connectivity index (χ0n) is 11.4. The summed E-state index contributed by atoms with van der Waals surface area (Å²) in [6, 6.07) is 5.94. The highest BCUT2D eigenvalue weighted by atomic mass is 79.9. The first kappa shape index (κ1) is 13.8. The van der Waals surface area contributed by atoms with E-state index in [1.54, 1.807) is 0 Å². The summed E-state index contributed by atoms with van der Waals surface area (Å²) in [5, 5.41) is 0. The number of Topliss-reactive ketones (excluding diaryl/α,β-unsaturated/α-hetero) is 1. The van der Waals surface area contributed by atoms with Crippen molar-refractivity contribution in [1.82, 2.24) is 0 Å². The monoisotopic (exact) mass is 308 g/mol. The Balaban J connectivity index is 2.17. The second-order valence-electron chi connectivity index (χ2n) is 5.94. The lowest BCUT2D eigenvalue weighted by atomic mass is 9.74. The van der Waals surface area contributed by atoms with Gasteiger partial charge in [0.25, 0.3) is 0 Å². The number of rotatable bonds is 2. The Morgan fingerprint density at radius 3 is 2.33 bits per heavy atom. The van der Waals surface area contributed by atoms with Crippen LogP contribution in [0.1, 0.15) is 49.0 Å². The van der Waals surface area contributed by atoms with Crippen LogP contribution in [0, 0.1) is 24.7 Å². The second kappa shape index (κ2) is 5.56. The molecular formula is C16H21BrO. The summed E-state index contributed by atoms with van der Waals surface area (Å²) in [6.07, 6.45) is 3.37. The Kier molecular flexibility index (Phi) is 4.26. The number of halogens is 1. The molecule has 2 rings (SSSR count). The number of carbonyl (C=O) groups is 1. The van der Waals surface area contributed by atoms with Crippen LogP contribution in [0.4, 0.5) is 0 Å². The van der Waals surface area contributed by atoms with Crippen molar-refractivity contribution in [3.8, 4) is 0 Å². The molecule has 18 heavy (non-hydrogen) atoms. The summed E-state index contributed by atoms with van der Waals surface area (Å²) < 4.78 is 1.07. The lowest BCUT2D eigenvalue weighted by Crippen LogP contribution is -2.26. The molecule has 0 amide bonds. The Hall–Kier alpha value is -0.630. The van der Waals surface area contributed by atoms with Gasteiger partial charge in [-0.05, 0) is 55.7 Å². The fourth-order valence-corrected chi connectivity index (χ4v) is 3.44. The zero-order chi connectivity index (χ0) is 13.3. The van der Waals surface area contributed by atoms with Crippen molar-refractivity contribution < 1.29 is 4.79 Å². The Morgan fingerprint density at radius 1 is 1.17 bits per heavy atom. The van der Waals surface area contributed by atoms with Gasteiger partial charge in [-0.15, -0.1) is 0 Å². The minimum absolute atomic E-state index is 0.226. The molecule has 0 radical (unpaired) electrons. The number of aryl methyl sites for hydroxylation is 1. The highest BCUT2D eigenvalue weighted by molar-refractivity contribution is 9.10. The van der Waals surface area contributed by atoms with E-state index in [1.165, 1.54) is 6.42 Å². The van der Waals surface area contributed by atoms with Gasteiger partial charge in [-0.2, -0.15) is 0 Å².